The minimum absolute atomic E-state index is 0.156. The molecule has 1 aliphatic rings. The fourth-order valence-corrected chi connectivity index (χ4v) is 1.48. The van der Waals surface area contributed by atoms with E-state index in [0.29, 0.717) is 0 Å². The van der Waals surface area contributed by atoms with Crippen molar-refractivity contribution >= 4 is 0 Å². The third kappa shape index (κ3) is 1.92. The first kappa shape index (κ1) is 11.7. The van der Waals surface area contributed by atoms with Crippen molar-refractivity contribution in [2.24, 2.45) is 10.2 Å². The van der Waals surface area contributed by atoms with Crippen LogP contribution in [0, 0.1) is 0 Å². The maximum atomic E-state index is 12.7. The Morgan fingerprint density at radius 2 is 1.94 bits per heavy atom. The Kier molecular flexibility index (Phi) is 2.48. The highest BCUT2D eigenvalue weighted by molar-refractivity contribution is 5.43. The number of alkyl halides is 3. The van der Waals surface area contributed by atoms with Crippen LogP contribution in [-0.4, -0.2) is 17.9 Å². The van der Waals surface area contributed by atoms with Crippen molar-refractivity contribution in [1.29, 1.82) is 0 Å². The number of hydrogen-bond donors (Lipinski definition) is 1. The predicted octanol–water partition coefficient (Wildman–Crippen LogP) is 2.97. The summed E-state index contributed by atoms with van der Waals surface area (Å²) >= 11 is 0. The molecule has 17 heavy (non-hydrogen) atoms. The van der Waals surface area contributed by atoms with E-state index in [9.17, 15) is 18.3 Å². The summed E-state index contributed by atoms with van der Waals surface area (Å²) in [5.74, 6) is -0.157. The SMILES string of the molecule is CCOc1cc(O)cc(C2(C(F)(F)F)N=N2)c1. The molecule has 0 spiro atoms. The van der Waals surface area contributed by atoms with Gasteiger partial charge in [0.1, 0.15) is 11.5 Å². The predicted molar refractivity (Wildman–Crippen MR) is 51.9 cm³/mol. The van der Waals surface area contributed by atoms with Crippen LogP contribution >= 0.6 is 0 Å². The number of nitrogens with zero attached hydrogens (tertiary/aromatic N) is 2. The molecule has 0 fully saturated rings. The molecule has 0 amide bonds. The van der Waals surface area contributed by atoms with E-state index in [-0.39, 0.29) is 23.7 Å². The van der Waals surface area contributed by atoms with Gasteiger partial charge in [0.2, 0.25) is 0 Å². The molecule has 7 heteroatoms. The summed E-state index contributed by atoms with van der Waals surface area (Å²) < 4.78 is 43.2. The Balaban J connectivity index is 2.39. The van der Waals surface area contributed by atoms with E-state index in [2.05, 4.69) is 10.2 Å². The van der Waals surface area contributed by atoms with Gasteiger partial charge in [0.25, 0.3) is 0 Å². The Labute approximate surface area is 94.7 Å². The van der Waals surface area contributed by atoms with Crippen molar-refractivity contribution in [2.45, 2.75) is 18.8 Å². The zero-order valence-electron chi connectivity index (χ0n) is 8.82. The molecule has 0 unspecified atom stereocenters. The molecule has 1 aliphatic heterocycles. The van der Waals surface area contributed by atoms with Crippen molar-refractivity contribution in [2.75, 3.05) is 6.61 Å². The Hall–Kier alpha value is -1.79. The molecular formula is C10H9F3N2O2. The zero-order valence-corrected chi connectivity index (χ0v) is 8.82. The van der Waals surface area contributed by atoms with Crippen LogP contribution in [0.2, 0.25) is 0 Å². The lowest BCUT2D eigenvalue weighted by Gasteiger charge is -2.16. The number of hydrogen-bond acceptors (Lipinski definition) is 4. The van der Waals surface area contributed by atoms with Crippen molar-refractivity contribution in [1.82, 2.24) is 0 Å². The summed E-state index contributed by atoms with van der Waals surface area (Å²) in [6, 6.07) is 3.40. The Bertz CT molecular complexity index is 465. The average molecular weight is 246 g/mol. The molecule has 0 saturated heterocycles. The van der Waals surface area contributed by atoms with Gasteiger partial charge < -0.3 is 9.84 Å². The second-order valence-corrected chi connectivity index (χ2v) is 3.52. The maximum Gasteiger partial charge on any atom is 0.442 e. The maximum absolute atomic E-state index is 12.7. The van der Waals surface area contributed by atoms with Crippen LogP contribution in [0.25, 0.3) is 0 Å². The van der Waals surface area contributed by atoms with E-state index in [4.69, 9.17) is 4.74 Å². The van der Waals surface area contributed by atoms with Crippen LogP contribution in [0.15, 0.2) is 28.4 Å². The number of rotatable bonds is 3. The standard InChI is InChI=1S/C10H9F3N2O2/c1-2-17-8-4-6(3-7(16)5-8)9(14-15-9)10(11,12)13/h3-5,16H,2H2,1H3. The summed E-state index contributed by atoms with van der Waals surface area (Å²) in [6.45, 7) is 1.98. The number of phenolic OH excluding ortho intramolecular Hbond substituents is 1. The van der Waals surface area contributed by atoms with Crippen LogP contribution < -0.4 is 4.74 Å². The van der Waals surface area contributed by atoms with E-state index >= 15 is 0 Å². The molecule has 1 aromatic rings. The van der Waals surface area contributed by atoms with Gasteiger partial charge in [-0.3, -0.25) is 0 Å². The molecule has 0 radical (unpaired) electrons. The summed E-state index contributed by atoms with van der Waals surface area (Å²) in [5, 5.41) is 15.4. The third-order valence-corrected chi connectivity index (χ3v) is 2.30. The lowest BCUT2D eigenvalue weighted by molar-refractivity contribution is -0.166. The Morgan fingerprint density at radius 1 is 1.29 bits per heavy atom. The van der Waals surface area contributed by atoms with Gasteiger partial charge in [0.05, 0.1) is 6.61 Å². The lowest BCUT2D eigenvalue weighted by Crippen LogP contribution is -2.30. The van der Waals surface area contributed by atoms with Gasteiger partial charge in [0, 0.05) is 11.6 Å². The molecule has 0 saturated carbocycles. The zero-order chi connectivity index (χ0) is 12.7. The summed E-state index contributed by atoms with van der Waals surface area (Å²) in [7, 11) is 0. The topological polar surface area (TPSA) is 54.2 Å². The van der Waals surface area contributed by atoms with E-state index in [1.165, 1.54) is 12.1 Å². The number of aromatic hydroxyl groups is 1. The molecule has 92 valence electrons. The molecule has 4 nitrogen and oxygen atoms in total. The van der Waals surface area contributed by atoms with Gasteiger partial charge in [-0.25, -0.2) is 0 Å². The molecule has 2 rings (SSSR count). The average Bonchev–Trinajstić information content (AvgIpc) is 2.96. The van der Waals surface area contributed by atoms with E-state index in [0.717, 1.165) is 6.07 Å². The molecule has 1 aromatic carbocycles. The molecule has 1 heterocycles. The van der Waals surface area contributed by atoms with Crippen LogP contribution in [0.4, 0.5) is 13.2 Å². The van der Waals surface area contributed by atoms with Gasteiger partial charge in [0.15, 0.2) is 0 Å². The van der Waals surface area contributed by atoms with Gasteiger partial charge in [-0.2, -0.15) is 13.2 Å². The van der Waals surface area contributed by atoms with Crippen molar-refractivity contribution in [3.05, 3.63) is 23.8 Å². The van der Waals surface area contributed by atoms with Crippen molar-refractivity contribution in [3.63, 3.8) is 0 Å². The molecule has 0 atom stereocenters. The Morgan fingerprint density at radius 3 is 2.41 bits per heavy atom. The highest BCUT2D eigenvalue weighted by Crippen LogP contribution is 2.53. The van der Waals surface area contributed by atoms with Crippen LogP contribution in [0.3, 0.4) is 0 Å². The van der Waals surface area contributed by atoms with Crippen LogP contribution in [0.5, 0.6) is 11.5 Å². The minimum Gasteiger partial charge on any atom is -0.508 e. The van der Waals surface area contributed by atoms with Gasteiger partial charge in [-0.05, 0) is 19.1 Å². The van der Waals surface area contributed by atoms with E-state index in [1.54, 1.807) is 6.92 Å². The molecule has 1 N–H and O–H groups in total. The first-order valence-electron chi connectivity index (χ1n) is 4.87. The second kappa shape index (κ2) is 3.61. The fraction of sp³-hybridized carbons (Fsp3) is 0.400. The largest absolute Gasteiger partial charge is 0.508 e. The van der Waals surface area contributed by atoms with Crippen molar-refractivity contribution < 1.29 is 23.0 Å². The first-order valence-corrected chi connectivity index (χ1v) is 4.87. The molecule has 0 bridgehead atoms. The van der Waals surface area contributed by atoms with Crippen LogP contribution in [-0.2, 0) is 5.66 Å². The smallest absolute Gasteiger partial charge is 0.442 e. The number of phenols is 1. The number of benzene rings is 1. The second-order valence-electron chi connectivity index (χ2n) is 3.52. The van der Waals surface area contributed by atoms with Crippen LogP contribution in [0.1, 0.15) is 12.5 Å². The normalized spacial score (nSPS) is 16.9. The van der Waals surface area contributed by atoms with Gasteiger partial charge >= 0.3 is 11.8 Å². The quantitative estimate of drug-likeness (QED) is 0.891. The van der Waals surface area contributed by atoms with E-state index in [1.807, 2.05) is 0 Å². The molecular weight excluding hydrogens is 237 g/mol. The number of ether oxygens (including phenoxy) is 1. The van der Waals surface area contributed by atoms with Gasteiger partial charge in [-0.1, -0.05) is 0 Å². The minimum atomic E-state index is -4.61. The van der Waals surface area contributed by atoms with E-state index < -0.39 is 11.8 Å². The highest BCUT2D eigenvalue weighted by atomic mass is 19.4. The molecule has 0 aliphatic carbocycles. The van der Waals surface area contributed by atoms with Crippen molar-refractivity contribution in [3.8, 4) is 11.5 Å². The third-order valence-electron chi connectivity index (χ3n) is 2.30. The van der Waals surface area contributed by atoms with Gasteiger partial charge in [-0.15, -0.1) is 10.2 Å². The fourth-order valence-electron chi connectivity index (χ4n) is 1.48. The monoisotopic (exact) mass is 246 g/mol. The summed E-state index contributed by atoms with van der Waals surface area (Å²) in [5.41, 5.74) is -2.77. The number of halogens is 3. The lowest BCUT2D eigenvalue weighted by atomic mass is 10.0. The first-order chi connectivity index (χ1) is 7.89. The molecule has 0 aromatic heterocycles. The highest BCUT2D eigenvalue weighted by Gasteiger charge is 2.65. The summed E-state index contributed by atoms with van der Waals surface area (Å²) in [4.78, 5) is 0. The summed E-state index contributed by atoms with van der Waals surface area (Å²) in [6.07, 6.45) is -4.61.